The van der Waals surface area contributed by atoms with E-state index < -0.39 is 32.5 Å². The van der Waals surface area contributed by atoms with Gasteiger partial charge < -0.3 is 19.3 Å². The molecule has 296 valence electrons. The van der Waals surface area contributed by atoms with Crippen molar-refractivity contribution in [1.29, 1.82) is 0 Å². The summed E-state index contributed by atoms with van der Waals surface area (Å²) in [5.74, 6) is -1.00. The Morgan fingerprint density at radius 3 is 1.46 bits per heavy atom. The van der Waals surface area contributed by atoms with Gasteiger partial charge in [-0.2, -0.15) is 0 Å². The van der Waals surface area contributed by atoms with Crippen LogP contribution in [0, 0.1) is 0 Å². The van der Waals surface area contributed by atoms with Gasteiger partial charge in [0.1, 0.15) is 6.61 Å². The van der Waals surface area contributed by atoms with Crippen molar-refractivity contribution in [3.05, 3.63) is 85.1 Å². The fraction of sp³-hybridized carbons (Fsp3) is 0.628. The van der Waals surface area contributed by atoms with E-state index in [2.05, 4.69) is 91.3 Å². The SMILES string of the molecule is CC/C=C/C/C=C/C/C=C/C/C=C/C/C=C/C/C=C/CCC(=O)O[C@H](COC(=O)CCCCCCC/C=C/CCCCCCCC)COP(=O)(O)O. The lowest BCUT2D eigenvalue weighted by Crippen LogP contribution is -2.29. The molecule has 0 aliphatic rings. The molecule has 1 atom stereocenters. The molecule has 0 aromatic carbocycles. The summed E-state index contributed by atoms with van der Waals surface area (Å²) in [6.45, 7) is 3.48. The van der Waals surface area contributed by atoms with Gasteiger partial charge in [-0.25, -0.2) is 4.57 Å². The van der Waals surface area contributed by atoms with Crippen molar-refractivity contribution in [2.75, 3.05) is 13.2 Å². The zero-order valence-corrected chi connectivity index (χ0v) is 33.3. The largest absolute Gasteiger partial charge is 0.469 e. The standard InChI is InChI=1S/C43H71O8P/c1-3-5-7-9-11-13-15-17-19-20-21-22-24-26-28-30-32-34-36-38-43(45)51-41(40-50-52(46,47)48)39-49-42(44)37-35-33-31-29-27-25-23-18-16-14-12-10-8-6-4-2/h5,7,11,13,17-19,21-23,26,28,32,34,41H,3-4,6,8-10,12,14-16,20,24-25,27,29-31,33,35-40H2,1-2H3,(H2,46,47,48)/b7-5+,13-11+,19-17+,22-21+,23-18+,28-26+,34-32+/t41-/m1/s1. The van der Waals surface area contributed by atoms with Crippen LogP contribution in [0.15, 0.2) is 85.1 Å². The van der Waals surface area contributed by atoms with Gasteiger partial charge >= 0.3 is 19.8 Å². The summed E-state index contributed by atoms with van der Waals surface area (Å²) in [7, 11) is -4.78. The van der Waals surface area contributed by atoms with Crippen molar-refractivity contribution in [3.8, 4) is 0 Å². The van der Waals surface area contributed by atoms with Gasteiger partial charge in [-0.15, -0.1) is 0 Å². The van der Waals surface area contributed by atoms with Crippen molar-refractivity contribution in [1.82, 2.24) is 0 Å². The first-order valence-corrected chi connectivity index (χ1v) is 21.4. The molecule has 0 rings (SSSR count). The molecule has 8 nitrogen and oxygen atoms in total. The predicted molar refractivity (Wildman–Crippen MR) is 216 cm³/mol. The number of carbonyl (C=O) groups excluding carboxylic acids is 2. The number of hydrogen-bond donors (Lipinski definition) is 2. The summed E-state index contributed by atoms with van der Waals surface area (Å²) >= 11 is 0. The first-order chi connectivity index (χ1) is 25.3. The highest BCUT2D eigenvalue weighted by Crippen LogP contribution is 2.35. The summed E-state index contributed by atoms with van der Waals surface area (Å²) in [5, 5.41) is 0. The topological polar surface area (TPSA) is 119 Å². The Bertz CT molecular complexity index is 1110. The number of hydrogen-bond acceptors (Lipinski definition) is 6. The van der Waals surface area contributed by atoms with Crippen molar-refractivity contribution in [3.63, 3.8) is 0 Å². The van der Waals surface area contributed by atoms with Crippen LogP contribution in [0.3, 0.4) is 0 Å². The minimum absolute atomic E-state index is 0.0808. The Morgan fingerprint density at radius 1 is 0.519 bits per heavy atom. The fourth-order valence-corrected chi connectivity index (χ4v) is 5.34. The molecule has 2 N–H and O–H groups in total. The molecule has 0 unspecified atom stereocenters. The minimum atomic E-state index is -4.78. The van der Waals surface area contributed by atoms with Crippen LogP contribution < -0.4 is 0 Å². The first-order valence-electron chi connectivity index (χ1n) is 19.9. The molecule has 0 fully saturated rings. The highest BCUT2D eigenvalue weighted by atomic mass is 31.2. The monoisotopic (exact) mass is 746 g/mol. The molecule has 0 radical (unpaired) electrons. The van der Waals surface area contributed by atoms with E-state index in [1.807, 2.05) is 12.2 Å². The zero-order valence-electron chi connectivity index (χ0n) is 32.4. The third-order valence-corrected chi connectivity index (χ3v) is 8.40. The van der Waals surface area contributed by atoms with Crippen molar-refractivity contribution in [2.24, 2.45) is 0 Å². The van der Waals surface area contributed by atoms with Crippen LogP contribution in [-0.4, -0.2) is 41.0 Å². The van der Waals surface area contributed by atoms with Gasteiger partial charge in [0, 0.05) is 12.8 Å². The van der Waals surface area contributed by atoms with Crippen LogP contribution in [0.4, 0.5) is 0 Å². The lowest BCUT2D eigenvalue weighted by atomic mass is 10.1. The van der Waals surface area contributed by atoms with Gasteiger partial charge in [-0.1, -0.05) is 150 Å². The second kappa shape index (κ2) is 38.0. The second-order valence-corrected chi connectivity index (χ2v) is 14.1. The van der Waals surface area contributed by atoms with Crippen LogP contribution in [0.1, 0.15) is 155 Å². The quantitative estimate of drug-likeness (QED) is 0.0285. The Morgan fingerprint density at radius 2 is 0.962 bits per heavy atom. The van der Waals surface area contributed by atoms with Crippen LogP contribution in [-0.2, 0) is 28.2 Å². The number of esters is 2. The second-order valence-electron chi connectivity index (χ2n) is 12.9. The maximum absolute atomic E-state index is 12.4. The summed E-state index contributed by atoms with van der Waals surface area (Å²) in [5.41, 5.74) is 0. The van der Waals surface area contributed by atoms with E-state index in [1.165, 1.54) is 44.9 Å². The average molecular weight is 747 g/mol. The average Bonchev–Trinajstić information content (AvgIpc) is 3.11. The molecule has 0 saturated carbocycles. The summed E-state index contributed by atoms with van der Waals surface area (Å²) in [4.78, 5) is 42.7. The lowest BCUT2D eigenvalue weighted by molar-refractivity contribution is -0.161. The van der Waals surface area contributed by atoms with Crippen LogP contribution in [0.25, 0.3) is 0 Å². The smallest absolute Gasteiger partial charge is 0.462 e. The van der Waals surface area contributed by atoms with E-state index in [-0.39, 0.29) is 19.4 Å². The maximum atomic E-state index is 12.4. The van der Waals surface area contributed by atoms with E-state index in [9.17, 15) is 14.2 Å². The van der Waals surface area contributed by atoms with Crippen molar-refractivity contribution in [2.45, 2.75) is 161 Å². The summed E-state index contributed by atoms with van der Waals surface area (Å²) < 4.78 is 26.3. The highest BCUT2D eigenvalue weighted by molar-refractivity contribution is 7.46. The molecule has 0 aliphatic heterocycles. The molecule has 9 heteroatoms. The zero-order chi connectivity index (χ0) is 38.2. The Labute approximate surface area is 316 Å². The molecular formula is C43H71O8P. The number of ether oxygens (including phenoxy) is 2. The molecule has 0 aromatic rings. The fourth-order valence-electron chi connectivity index (χ4n) is 4.98. The molecule has 0 amide bonds. The Balaban J connectivity index is 4.12. The normalized spacial score (nSPS) is 13.4. The first kappa shape index (κ1) is 49.2. The lowest BCUT2D eigenvalue weighted by Gasteiger charge is -2.18. The highest BCUT2D eigenvalue weighted by Gasteiger charge is 2.22. The van der Waals surface area contributed by atoms with Crippen LogP contribution >= 0.6 is 7.82 Å². The number of phosphoric ester groups is 1. The molecule has 52 heavy (non-hydrogen) atoms. The van der Waals surface area contributed by atoms with Gasteiger partial charge in [0.2, 0.25) is 0 Å². The van der Waals surface area contributed by atoms with Gasteiger partial charge in [0.25, 0.3) is 0 Å². The summed E-state index contributed by atoms with van der Waals surface area (Å²) in [6, 6.07) is 0. The molecule has 0 aromatic heterocycles. The van der Waals surface area contributed by atoms with Gasteiger partial charge in [-0.3, -0.25) is 14.1 Å². The third kappa shape index (κ3) is 40.0. The van der Waals surface area contributed by atoms with E-state index in [0.717, 1.165) is 70.6 Å². The number of rotatable bonds is 35. The minimum Gasteiger partial charge on any atom is -0.462 e. The van der Waals surface area contributed by atoms with Gasteiger partial charge in [-0.05, 0) is 77.0 Å². The van der Waals surface area contributed by atoms with Crippen molar-refractivity contribution >= 4 is 19.8 Å². The Hall–Kier alpha value is -2.77. The van der Waals surface area contributed by atoms with E-state index in [1.54, 1.807) is 0 Å². The number of unbranched alkanes of at least 4 members (excludes halogenated alkanes) is 11. The Kier molecular flexibility index (Phi) is 35.9. The van der Waals surface area contributed by atoms with Gasteiger partial charge in [0.05, 0.1) is 6.61 Å². The third-order valence-electron chi connectivity index (χ3n) is 7.91. The molecule has 0 heterocycles. The van der Waals surface area contributed by atoms with E-state index in [4.69, 9.17) is 19.3 Å². The summed E-state index contributed by atoms with van der Waals surface area (Å²) in [6.07, 6.45) is 50.3. The van der Waals surface area contributed by atoms with Gasteiger partial charge in [0.15, 0.2) is 6.10 Å². The number of carbonyl (C=O) groups is 2. The van der Waals surface area contributed by atoms with E-state index in [0.29, 0.717) is 12.8 Å². The molecule has 0 spiro atoms. The predicted octanol–water partition coefficient (Wildman–Crippen LogP) is 12.1. The molecule has 0 bridgehead atoms. The van der Waals surface area contributed by atoms with Crippen LogP contribution in [0.5, 0.6) is 0 Å². The van der Waals surface area contributed by atoms with Crippen LogP contribution in [0.2, 0.25) is 0 Å². The van der Waals surface area contributed by atoms with E-state index >= 15 is 0 Å². The van der Waals surface area contributed by atoms with Crippen molar-refractivity contribution < 1.29 is 37.9 Å². The number of allylic oxidation sites excluding steroid dienone is 14. The molecular weight excluding hydrogens is 675 g/mol. The molecule has 0 aliphatic carbocycles. The number of phosphoric acid groups is 1. The molecule has 0 saturated heterocycles. The maximum Gasteiger partial charge on any atom is 0.469 e.